The molecule has 1 atom stereocenters. The van der Waals surface area contributed by atoms with Gasteiger partial charge in [0.1, 0.15) is 5.66 Å². The van der Waals surface area contributed by atoms with Crippen LogP contribution in [0.2, 0.25) is 0 Å². The molecule has 0 aromatic heterocycles. The first-order valence-electron chi connectivity index (χ1n) is 6.78. The molecule has 1 N–H and O–H groups in total. The van der Waals surface area contributed by atoms with Crippen LogP contribution < -0.4 is 15.1 Å². The zero-order valence-corrected chi connectivity index (χ0v) is 13.0. The number of benzene rings is 1. The number of thiocarbonyl (C=S) groups is 1. The number of para-hydroxylation sites is 2. The van der Waals surface area contributed by atoms with Crippen LogP contribution in [0.3, 0.4) is 0 Å². The van der Waals surface area contributed by atoms with Gasteiger partial charge in [0, 0.05) is 18.9 Å². The van der Waals surface area contributed by atoms with Crippen LogP contribution in [0.4, 0.5) is 11.4 Å². The Hall–Kier alpha value is -1.62. The van der Waals surface area contributed by atoms with E-state index in [2.05, 4.69) is 31.0 Å². The van der Waals surface area contributed by atoms with Crippen LogP contribution in [-0.4, -0.2) is 22.2 Å². The largest absolute Gasteiger partial charge is 0.357 e. The van der Waals surface area contributed by atoms with Crippen LogP contribution in [-0.2, 0) is 4.79 Å². The van der Waals surface area contributed by atoms with E-state index >= 15 is 0 Å². The first-order chi connectivity index (χ1) is 9.26. The lowest BCUT2D eigenvalue weighted by Gasteiger charge is -2.51. The molecule has 0 radical (unpaired) electrons. The summed E-state index contributed by atoms with van der Waals surface area (Å²) in [5.74, 6) is 0.0444. The lowest BCUT2D eigenvalue weighted by Crippen LogP contribution is -2.70. The average molecular weight is 289 g/mol. The van der Waals surface area contributed by atoms with E-state index in [0.717, 1.165) is 17.8 Å². The standard InChI is InChI=1S/C15H19N3OS/c1-10(19)17-11-7-5-6-8-12(11)18-13(20)16-14(2,3)9-15(17,18)4/h5-8H,9H2,1-4H3,(H,16,20). The third-order valence-corrected chi connectivity index (χ3v) is 4.35. The van der Waals surface area contributed by atoms with Crippen LogP contribution >= 0.6 is 12.2 Å². The molecular weight excluding hydrogens is 270 g/mol. The Labute approximate surface area is 124 Å². The van der Waals surface area contributed by atoms with Gasteiger partial charge < -0.3 is 5.32 Å². The number of carbonyl (C=O) groups is 1. The maximum atomic E-state index is 12.2. The molecule has 4 nitrogen and oxygen atoms in total. The number of nitrogens with zero attached hydrogens (tertiary/aromatic N) is 2. The Balaban J connectivity index is 2.22. The second-order valence-corrected chi connectivity index (χ2v) is 6.77. The molecule has 1 unspecified atom stereocenters. The van der Waals surface area contributed by atoms with Gasteiger partial charge in [-0.2, -0.15) is 0 Å². The Morgan fingerprint density at radius 2 is 1.85 bits per heavy atom. The first kappa shape index (κ1) is 13.4. The summed E-state index contributed by atoms with van der Waals surface area (Å²) in [5.41, 5.74) is 1.35. The van der Waals surface area contributed by atoms with E-state index in [1.165, 1.54) is 0 Å². The van der Waals surface area contributed by atoms with Crippen molar-refractivity contribution in [2.75, 3.05) is 9.80 Å². The average Bonchev–Trinajstić information content (AvgIpc) is 2.53. The summed E-state index contributed by atoms with van der Waals surface area (Å²) in [6, 6.07) is 7.93. The normalized spacial score (nSPS) is 26.9. The summed E-state index contributed by atoms with van der Waals surface area (Å²) >= 11 is 5.56. The number of rotatable bonds is 0. The molecule has 5 heteroatoms. The molecule has 1 aromatic carbocycles. The summed E-state index contributed by atoms with van der Waals surface area (Å²) in [4.78, 5) is 16.2. The van der Waals surface area contributed by atoms with Gasteiger partial charge in [0.25, 0.3) is 0 Å². The van der Waals surface area contributed by atoms with Gasteiger partial charge in [-0.25, -0.2) is 0 Å². The molecule has 2 aliphatic rings. The van der Waals surface area contributed by atoms with Crippen LogP contribution in [0.5, 0.6) is 0 Å². The van der Waals surface area contributed by atoms with Crippen molar-refractivity contribution in [1.82, 2.24) is 5.32 Å². The monoisotopic (exact) mass is 289 g/mol. The Bertz CT molecular complexity index is 586. The van der Waals surface area contributed by atoms with Gasteiger partial charge >= 0.3 is 0 Å². The summed E-state index contributed by atoms with van der Waals surface area (Å²) in [7, 11) is 0. The van der Waals surface area contributed by atoms with Crippen molar-refractivity contribution in [2.24, 2.45) is 0 Å². The van der Waals surface area contributed by atoms with E-state index in [1.54, 1.807) is 6.92 Å². The van der Waals surface area contributed by atoms with E-state index in [1.807, 2.05) is 29.2 Å². The molecule has 106 valence electrons. The fraction of sp³-hybridized carbons (Fsp3) is 0.467. The topological polar surface area (TPSA) is 35.6 Å². The minimum absolute atomic E-state index is 0.0444. The van der Waals surface area contributed by atoms with Crippen molar-refractivity contribution < 1.29 is 4.79 Å². The van der Waals surface area contributed by atoms with Crippen molar-refractivity contribution in [3.8, 4) is 0 Å². The van der Waals surface area contributed by atoms with Gasteiger partial charge in [0.15, 0.2) is 5.11 Å². The van der Waals surface area contributed by atoms with Gasteiger partial charge in [-0.15, -0.1) is 0 Å². The number of nitrogens with one attached hydrogen (secondary N) is 1. The quantitative estimate of drug-likeness (QED) is 0.745. The highest BCUT2D eigenvalue weighted by molar-refractivity contribution is 7.80. The molecule has 2 aliphatic heterocycles. The number of fused-ring (bicyclic) bond motifs is 3. The fourth-order valence-electron chi connectivity index (χ4n) is 3.68. The second-order valence-electron chi connectivity index (χ2n) is 6.39. The fourth-order valence-corrected chi connectivity index (χ4v) is 4.25. The zero-order valence-electron chi connectivity index (χ0n) is 12.2. The van der Waals surface area contributed by atoms with E-state index in [0.29, 0.717) is 5.11 Å². The minimum atomic E-state index is -0.443. The summed E-state index contributed by atoms with van der Waals surface area (Å²) < 4.78 is 0. The SMILES string of the molecule is CC(=O)N1c2ccccc2N2C(=S)NC(C)(C)CC12C. The zero-order chi connectivity index (χ0) is 14.7. The van der Waals surface area contributed by atoms with Gasteiger partial charge in [-0.3, -0.25) is 14.6 Å². The van der Waals surface area contributed by atoms with Crippen molar-refractivity contribution in [2.45, 2.75) is 45.3 Å². The molecule has 1 saturated heterocycles. The highest BCUT2D eigenvalue weighted by atomic mass is 32.1. The van der Waals surface area contributed by atoms with Crippen LogP contribution in [0.25, 0.3) is 0 Å². The molecule has 20 heavy (non-hydrogen) atoms. The van der Waals surface area contributed by atoms with E-state index in [4.69, 9.17) is 12.2 Å². The van der Waals surface area contributed by atoms with Gasteiger partial charge in [-0.1, -0.05) is 12.1 Å². The minimum Gasteiger partial charge on any atom is -0.357 e. The van der Waals surface area contributed by atoms with Crippen molar-refractivity contribution in [1.29, 1.82) is 0 Å². The molecular formula is C15H19N3OS. The smallest absolute Gasteiger partial charge is 0.225 e. The van der Waals surface area contributed by atoms with Crippen LogP contribution in [0.1, 0.15) is 34.1 Å². The predicted molar refractivity (Wildman–Crippen MR) is 84.9 cm³/mol. The first-order valence-corrected chi connectivity index (χ1v) is 7.19. The van der Waals surface area contributed by atoms with Crippen molar-refractivity contribution in [3.05, 3.63) is 24.3 Å². The molecule has 1 aromatic rings. The molecule has 1 fully saturated rings. The summed E-state index contributed by atoms with van der Waals surface area (Å²) in [6.45, 7) is 7.93. The lowest BCUT2D eigenvalue weighted by atomic mass is 9.88. The van der Waals surface area contributed by atoms with Gasteiger partial charge in [0.2, 0.25) is 5.91 Å². The number of amides is 1. The molecule has 0 aliphatic carbocycles. The number of hydrogen-bond acceptors (Lipinski definition) is 2. The van der Waals surface area contributed by atoms with Crippen molar-refractivity contribution >= 4 is 34.6 Å². The van der Waals surface area contributed by atoms with Gasteiger partial charge in [0.05, 0.1) is 11.4 Å². The summed E-state index contributed by atoms with van der Waals surface area (Å²) in [5, 5.41) is 4.05. The highest BCUT2D eigenvalue weighted by Gasteiger charge is 2.55. The van der Waals surface area contributed by atoms with Crippen LogP contribution in [0, 0.1) is 0 Å². The van der Waals surface area contributed by atoms with Crippen molar-refractivity contribution in [3.63, 3.8) is 0 Å². The number of anilines is 2. The van der Waals surface area contributed by atoms with E-state index in [9.17, 15) is 4.79 Å². The molecule has 0 spiro atoms. The molecule has 3 rings (SSSR count). The Morgan fingerprint density at radius 1 is 1.25 bits per heavy atom. The van der Waals surface area contributed by atoms with E-state index in [-0.39, 0.29) is 11.4 Å². The Morgan fingerprint density at radius 3 is 2.45 bits per heavy atom. The maximum Gasteiger partial charge on any atom is 0.225 e. The third-order valence-electron chi connectivity index (χ3n) is 4.07. The van der Waals surface area contributed by atoms with E-state index < -0.39 is 5.66 Å². The number of carbonyl (C=O) groups excluding carboxylic acids is 1. The number of hydrogen-bond donors (Lipinski definition) is 1. The third kappa shape index (κ3) is 1.66. The van der Waals surface area contributed by atoms with Gasteiger partial charge in [-0.05, 0) is 45.1 Å². The van der Waals surface area contributed by atoms with Crippen LogP contribution in [0.15, 0.2) is 24.3 Å². The Kier molecular flexibility index (Phi) is 2.64. The maximum absolute atomic E-state index is 12.2. The summed E-state index contributed by atoms with van der Waals surface area (Å²) in [6.07, 6.45) is 0.800. The molecule has 0 saturated carbocycles. The second kappa shape index (κ2) is 3.95. The predicted octanol–water partition coefficient (Wildman–Crippen LogP) is 2.63. The lowest BCUT2D eigenvalue weighted by molar-refractivity contribution is -0.117. The highest BCUT2D eigenvalue weighted by Crippen LogP contribution is 2.49. The molecule has 1 amide bonds. The molecule has 2 heterocycles. The molecule has 0 bridgehead atoms.